The van der Waals surface area contributed by atoms with Gasteiger partial charge < -0.3 is 53.0 Å². The molecule has 0 spiro atoms. The van der Waals surface area contributed by atoms with Crippen LogP contribution in [0, 0.1) is 34.5 Å². The SMILES string of the molecule is CC(C)(C)OC(=O)CCC(CCN)CNc1cc(Nc2cnc(C#N)cn2)ncc1N.CN(C)CC(=O)Nc1cnc(Nc2cnc(C#N)cn2)cc1NCC1CCNCC1. The van der Waals surface area contributed by atoms with Crippen LogP contribution in [0.15, 0.2) is 49.3 Å². The highest BCUT2D eigenvalue weighted by molar-refractivity contribution is 5.95. The van der Waals surface area contributed by atoms with E-state index in [1.807, 2.05) is 58.0 Å². The standard InChI is InChI=1S/C21H30N8O2.C20H27N9O/c1-21(2,3)31-20(30)5-4-14(6-7-22)10-26-17-8-18(28-12-16(17)24)29-19-13-25-15(9-23)11-27-19;1-29(2)13-20(30)27-17-11-26-18(28-19-12-23-15(8-21)10-25-19)7-16(17)24-9-14-3-5-22-6-4-14/h8,11-14H,4-7,10,22,24H2,1-3H3,(H2,26,27,28,29);7,10-12,14,22H,3-6,9,13H2,1-2H3,(H,27,30)(H2,24,25,26,28). The normalized spacial score (nSPS) is 13.1. The summed E-state index contributed by atoms with van der Waals surface area (Å²) >= 11 is 0. The lowest BCUT2D eigenvalue weighted by Gasteiger charge is -2.24. The van der Waals surface area contributed by atoms with Crippen LogP contribution in [-0.4, -0.2) is 106 Å². The molecule has 20 nitrogen and oxygen atoms in total. The predicted molar refractivity (Wildman–Crippen MR) is 235 cm³/mol. The van der Waals surface area contributed by atoms with Crippen LogP contribution in [-0.2, 0) is 14.3 Å². The third kappa shape index (κ3) is 17.2. The van der Waals surface area contributed by atoms with E-state index in [1.54, 1.807) is 18.5 Å². The third-order valence-electron chi connectivity index (χ3n) is 8.99. The van der Waals surface area contributed by atoms with E-state index in [0.717, 1.165) is 44.6 Å². The zero-order valence-electron chi connectivity index (χ0n) is 35.5. The number of amides is 1. The number of nitrogens with one attached hydrogen (secondary N) is 6. The molecule has 1 saturated heterocycles. The molecule has 1 fully saturated rings. The minimum absolute atomic E-state index is 0.106. The number of esters is 1. The van der Waals surface area contributed by atoms with Gasteiger partial charge in [0.2, 0.25) is 5.91 Å². The summed E-state index contributed by atoms with van der Waals surface area (Å²) in [7, 11) is 3.69. The molecule has 1 unspecified atom stereocenters. The van der Waals surface area contributed by atoms with Crippen molar-refractivity contribution < 1.29 is 14.3 Å². The lowest BCUT2D eigenvalue weighted by Crippen LogP contribution is -2.31. The van der Waals surface area contributed by atoms with Crippen LogP contribution in [0.3, 0.4) is 0 Å². The van der Waals surface area contributed by atoms with Crippen molar-refractivity contribution in [3.63, 3.8) is 0 Å². The Hall–Kier alpha value is -6.74. The Labute approximate surface area is 356 Å². The Kier molecular flexibility index (Phi) is 18.3. The maximum atomic E-state index is 12.2. The fourth-order valence-electron chi connectivity index (χ4n) is 5.99. The molecular formula is C41H57N17O3. The van der Waals surface area contributed by atoms with Gasteiger partial charge in [0.25, 0.3) is 0 Å². The average molecular weight is 836 g/mol. The number of nitrogens with zero attached hydrogens (tertiary/aromatic N) is 9. The first-order valence-electron chi connectivity index (χ1n) is 20.0. The van der Waals surface area contributed by atoms with Gasteiger partial charge in [-0.3, -0.25) is 9.59 Å². The molecule has 0 saturated carbocycles. The predicted octanol–water partition coefficient (Wildman–Crippen LogP) is 3.97. The fourth-order valence-corrected chi connectivity index (χ4v) is 5.99. The zero-order chi connectivity index (χ0) is 44.2. The Morgan fingerprint density at radius 3 is 1.97 bits per heavy atom. The molecule has 324 valence electrons. The number of likely N-dealkylation sites (N-methyl/N-ethyl adjacent to an activating group) is 1. The third-order valence-corrected chi connectivity index (χ3v) is 8.99. The summed E-state index contributed by atoms with van der Waals surface area (Å²) < 4.78 is 5.38. The Bertz CT molecular complexity index is 2090. The number of carbonyl (C=O) groups excluding carboxylic acids is 2. The molecular weight excluding hydrogens is 779 g/mol. The van der Waals surface area contributed by atoms with E-state index in [2.05, 4.69) is 61.8 Å². The smallest absolute Gasteiger partial charge is 0.306 e. The number of nitrogens with two attached hydrogens (primary N) is 2. The van der Waals surface area contributed by atoms with Crippen molar-refractivity contribution in [2.45, 2.75) is 58.5 Å². The van der Waals surface area contributed by atoms with Crippen LogP contribution in [0.25, 0.3) is 0 Å². The van der Waals surface area contributed by atoms with Gasteiger partial charge >= 0.3 is 5.97 Å². The lowest BCUT2D eigenvalue weighted by atomic mass is 9.98. The molecule has 4 aromatic heterocycles. The van der Waals surface area contributed by atoms with Crippen LogP contribution >= 0.6 is 0 Å². The van der Waals surface area contributed by atoms with Crippen LogP contribution in [0.5, 0.6) is 0 Å². The van der Waals surface area contributed by atoms with Crippen LogP contribution in [0.1, 0.15) is 64.3 Å². The Morgan fingerprint density at radius 2 is 1.43 bits per heavy atom. The van der Waals surface area contributed by atoms with E-state index in [1.165, 1.54) is 24.8 Å². The zero-order valence-corrected chi connectivity index (χ0v) is 35.5. The van der Waals surface area contributed by atoms with Crippen molar-refractivity contribution in [1.29, 1.82) is 10.5 Å². The maximum Gasteiger partial charge on any atom is 0.306 e. The minimum Gasteiger partial charge on any atom is -0.460 e. The molecule has 5 heterocycles. The molecule has 1 aliphatic heterocycles. The highest BCUT2D eigenvalue weighted by Crippen LogP contribution is 2.27. The van der Waals surface area contributed by atoms with Gasteiger partial charge in [-0.2, -0.15) is 10.5 Å². The highest BCUT2D eigenvalue weighted by atomic mass is 16.6. The molecule has 5 rings (SSSR count). The van der Waals surface area contributed by atoms with Crippen molar-refractivity contribution >= 4 is 57.9 Å². The van der Waals surface area contributed by atoms with E-state index in [-0.39, 0.29) is 35.7 Å². The van der Waals surface area contributed by atoms with Crippen molar-refractivity contribution in [3.05, 3.63) is 60.7 Å². The van der Waals surface area contributed by atoms with Gasteiger partial charge in [0.05, 0.1) is 66.5 Å². The summed E-state index contributed by atoms with van der Waals surface area (Å²) in [4.78, 5) is 50.9. The van der Waals surface area contributed by atoms with E-state index >= 15 is 0 Å². The number of pyridine rings is 2. The summed E-state index contributed by atoms with van der Waals surface area (Å²) in [5.74, 6) is 2.47. The molecule has 4 aromatic rings. The summed E-state index contributed by atoms with van der Waals surface area (Å²) in [6, 6.07) is 7.46. The minimum atomic E-state index is -0.493. The summed E-state index contributed by atoms with van der Waals surface area (Å²) in [5, 5.41) is 36.8. The van der Waals surface area contributed by atoms with E-state index in [0.29, 0.717) is 72.2 Å². The Balaban J connectivity index is 0.000000269. The largest absolute Gasteiger partial charge is 0.460 e. The number of nitriles is 2. The summed E-state index contributed by atoms with van der Waals surface area (Å²) in [6.07, 6.45) is 12.9. The number of aromatic nitrogens is 6. The van der Waals surface area contributed by atoms with E-state index in [9.17, 15) is 9.59 Å². The van der Waals surface area contributed by atoms with Crippen molar-refractivity contribution in [1.82, 2.24) is 40.1 Å². The average Bonchev–Trinajstić information content (AvgIpc) is 3.23. The van der Waals surface area contributed by atoms with Gasteiger partial charge in [0.1, 0.15) is 41.0 Å². The second-order valence-electron chi connectivity index (χ2n) is 15.6. The van der Waals surface area contributed by atoms with Crippen LogP contribution in [0.2, 0.25) is 0 Å². The first-order chi connectivity index (χ1) is 29.2. The molecule has 61 heavy (non-hydrogen) atoms. The molecule has 20 heteroatoms. The first-order valence-corrected chi connectivity index (χ1v) is 20.0. The van der Waals surface area contributed by atoms with Gasteiger partial charge in [0, 0.05) is 31.6 Å². The number of hydrogen-bond donors (Lipinski definition) is 8. The number of carbonyl (C=O) groups is 2. The number of nitrogen functional groups attached to an aromatic ring is 1. The summed E-state index contributed by atoms with van der Waals surface area (Å²) in [6.45, 7) is 9.84. The number of ether oxygens (including phenoxy) is 1. The molecule has 0 aliphatic carbocycles. The van der Waals surface area contributed by atoms with Crippen molar-refractivity contribution in [3.8, 4) is 12.1 Å². The monoisotopic (exact) mass is 835 g/mol. The molecule has 0 aromatic carbocycles. The lowest BCUT2D eigenvalue weighted by molar-refractivity contribution is -0.155. The van der Waals surface area contributed by atoms with Gasteiger partial charge in [0.15, 0.2) is 11.4 Å². The van der Waals surface area contributed by atoms with E-state index < -0.39 is 5.60 Å². The van der Waals surface area contributed by atoms with Gasteiger partial charge in [-0.1, -0.05) is 0 Å². The van der Waals surface area contributed by atoms with Crippen LogP contribution in [0.4, 0.5) is 46.0 Å². The topological polar surface area (TPSA) is 296 Å². The number of hydrogen-bond acceptors (Lipinski definition) is 19. The van der Waals surface area contributed by atoms with Crippen molar-refractivity contribution in [2.24, 2.45) is 17.6 Å². The first kappa shape index (κ1) is 46.9. The van der Waals surface area contributed by atoms with Crippen LogP contribution < -0.4 is 43.4 Å². The van der Waals surface area contributed by atoms with Gasteiger partial charge in [-0.05, 0) is 92.0 Å². The second-order valence-corrected chi connectivity index (χ2v) is 15.6. The summed E-state index contributed by atoms with van der Waals surface area (Å²) in [5.41, 5.74) is 14.4. The molecule has 1 atom stereocenters. The van der Waals surface area contributed by atoms with Crippen molar-refractivity contribution in [2.75, 3.05) is 85.7 Å². The molecule has 0 radical (unpaired) electrons. The second kappa shape index (κ2) is 23.7. The van der Waals surface area contributed by atoms with Gasteiger partial charge in [-0.15, -0.1) is 0 Å². The quantitative estimate of drug-likeness (QED) is 0.0658. The molecule has 10 N–H and O–H groups in total. The fraction of sp³-hybridized carbons (Fsp3) is 0.463. The van der Waals surface area contributed by atoms with Gasteiger partial charge in [-0.25, -0.2) is 29.9 Å². The molecule has 1 amide bonds. The number of rotatable bonds is 18. The molecule has 0 bridgehead atoms. The highest BCUT2D eigenvalue weighted by Gasteiger charge is 2.19. The Morgan fingerprint density at radius 1 is 0.836 bits per heavy atom. The molecule has 1 aliphatic rings. The van der Waals surface area contributed by atoms with E-state index in [4.69, 9.17) is 26.7 Å². The maximum absolute atomic E-state index is 12.2. The number of piperidine rings is 1. The number of anilines is 8.